The van der Waals surface area contributed by atoms with E-state index in [1.54, 1.807) is 30.1 Å². The van der Waals surface area contributed by atoms with Crippen molar-refractivity contribution in [3.05, 3.63) is 129 Å². The first-order valence-corrected chi connectivity index (χ1v) is 17.1. The van der Waals surface area contributed by atoms with Crippen molar-refractivity contribution in [2.24, 2.45) is 0 Å². The zero-order valence-corrected chi connectivity index (χ0v) is 31.1. The standard InChI is InChI=1S/C23H27NO3.C20H21NO3/c1-7-10-27-20-12-18(9-8-14(20)2)22-17(5)23(25)24(22)19-11-15(3)16(4)21(13-19)26-6;1-11-6-7-15(9-17(11)22)19-14(4)20(23)21(19)16-8-12(2)13(3)18(10-16)24-5/h8-9,11-13,22H,5,7,10H2,1-4,6H3;6-10,19,22H,4H2,1-3,5H3/t22-;19-/m11/s1. The number of aryl methyl sites for hydroxylation is 4. The highest BCUT2D eigenvalue weighted by atomic mass is 16.5. The Morgan fingerprint density at radius 2 is 1.08 bits per heavy atom. The van der Waals surface area contributed by atoms with Gasteiger partial charge in [0.1, 0.15) is 23.0 Å². The maximum Gasteiger partial charge on any atom is 0.256 e. The first kappa shape index (κ1) is 36.8. The summed E-state index contributed by atoms with van der Waals surface area (Å²) in [7, 11) is 3.27. The number of phenolic OH excluding ortho intramolecular Hbond substituents is 1. The molecular weight excluding hydrogens is 640 g/mol. The molecule has 2 fully saturated rings. The zero-order chi connectivity index (χ0) is 37.3. The number of amides is 2. The van der Waals surface area contributed by atoms with Crippen molar-refractivity contribution in [2.75, 3.05) is 30.6 Å². The fourth-order valence-corrected chi connectivity index (χ4v) is 6.46. The summed E-state index contributed by atoms with van der Waals surface area (Å²) in [6, 6.07) is 18.9. The number of hydrogen-bond acceptors (Lipinski definition) is 6. The molecule has 4 aromatic carbocycles. The predicted octanol–water partition coefficient (Wildman–Crippen LogP) is 9.02. The van der Waals surface area contributed by atoms with Crippen molar-refractivity contribution in [1.82, 2.24) is 0 Å². The van der Waals surface area contributed by atoms with E-state index in [0.717, 1.165) is 79.6 Å². The summed E-state index contributed by atoms with van der Waals surface area (Å²) < 4.78 is 16.8. The van der Waals surface area contributed by atoms with Gasteiger partial charge in [0.25, 0.3) is 11.8 Å². The number of carbonyl (C=O) groups excluding carboxylic acids is 2. The van der Waals surface area contributed by atoms with E-state index in [0.29, 0.717) is 17.8 Å². The van der Waals surface area contributed by atoms with Crippen LogP contribution in [-0.2, 0) is 9.59 Å². The molecule has 6 rings (SSSR count). The molecular formula is C43H48N2O6. The number of aromatic hydroxyl groups is 1. The number of ether oxygens (including phenoxy) is 3. The van der Waals surface area contributed by atoms with Gasteiger partial charge in [-0.2, -0.15) is 0 Å². The minimum absolute atomic E-state index is 0.0538. The fourth-order valence-electron chi connectivity index (χ4n) is 6.46. The number of anilines is 2. The van der Waals surface area contributed by atoms with Crippen molar-refractivity contribution in [3.63, 3.8) is 0 Å². The van der Waals surface area contributed by atoms with Crippen molar-refractivity contribution in [1.29, 1.82) is 0 Å². The molecule has 0 unspecified atom stereocenters. The topological polar surface area (TPSA) is 88.5 Å². The number of hydrogen-bond donors (Lipinski definition) is 1. The zero-order valence-electron chi connectivity index (χ0n) is 31.1. The van der Waals surface area contributed by atoms with Gasteiger partial charge < -0.3 is 19.3 Å². The van der Waals surface area contributed by atoms with Crippen LogP contribution in [0.3, 0.4) is 0 Å². The molecule has 2 aliphatic heterocycles. The van der Waals surface area contributed by atoms with Crippen molar-refractivity contribution in [2.45, 2.75) is 67.0 Å². The maximum atomic E-state index is 12.6. The molecule has 0 bridgehead atoms. The summed E-state index contributed by atoms with van der Waals surface area (Å²) in [5.74, 6) is 2.45. The summed E-state index contributed by atoms with van der Waals surface area (Å²) in [5, 5.41) is 9.99. The van der Waals surface area contributed by atoms with Crippen molar-refractivity contribution in [3.8, 4) is 23.0 Å². The van der Waals surface area contributed by atoms with Crippen LogP contribution in [0.2, 0.25) is 0 Å². The molecule has 266 valence electrons. The Morgan fingerprint density at radius 1 is 0.627 bits per heavy atom. The average Bonchev–Trinajstić information content (AvgIpc) is 3.12. The van der Waals surface area contributed by atoms with Gasteiger partial charge in [0.15, 0.2) is 0 Å². The lowest BCUT2D eigenvalue weighted by Crippen LogP contribution is -2.48. The van der Waals surface area contributed by atoms with E-state index in [9.17, 15) is 14.7 Å². The van der Waals surface area contributed by atoms with Gasteiger partial charge in [-0.05, 0) is 117 Å². The summed E-state index contributed by atoms with van der Waals surface area (Å²) in [5.41, 5.74) is 10.7. The molecule has 0 aliphatic carbocycles. The Bertz CT molecular complexity index is 2050. The number of rotatable bonds is 9. The van der Waals surface area contributed by atoms with E-state index in [-0.39, 0.29) is 29.6 Å². The predicted molar refractivity (Wildman–Crippen MR) is 203 cm³/mol. The lowest BCUT2D eigenvalue weighted by Gasteiger charge is -2.43. The van der Waals surface area contributed by atoms with Crippen molar-refractivity contribution >= 4 is 23.2 Å². The number of carbonyl (C=O) groups is 2. The van der Waals surface area contributed by atoms with Gasteiger partial charge in [-0.25, -0.2) is 0 Å². The van der Waals surface area contributed by atoms with Crippen LogP contribution in [0.5, 0.6) is 23.0 Å². The molecule has 2 amide bonds. The molecule has 0 aromatic heterocycles. The van der Waals surface area contributed by atoms with Gasteiger partial charge in [-0.1, -0.05) is 44.3 Å². The minimum Gasteiger partial charge on any atom is -0.508 e. The van der Waals surface area contributed by atoms with Crippen LogP contribution in [-0.4, -0.2) is 37.7 Å². The van der Waals surface area contributed by atoms with Gasteiger partial charge >= 0.3 is 0 Å². The number of phenols is 1. The molecule has 8 nitrogen and oxygen atoms in total. The number of methoxy groups -OCH3 is 2. The molecule has 0 saturated carbocycles. The fraction of sp³-hybridized carbons (Fsp3) is 0.302. The highest BCUT2D eigenvalue weighted by molar-refractivity contribution is 6.15. The highest BCUT2D eigenvalue weighted by Gasteiger charge is 2.44. The summed E-state index contributed by atoms with van der Waals surface area (Å²) in [4.78, 5) is 28.5. The minimum atomic E-state index is -0.268. The average molecular weight is 689 g/mol. The Morgan fingerprint density at radius 3 is 1.51 bits per heavy atom. The summed E-state index contributed by atoms with van der Waals surface area (Å²) in [6.45, 7) is 22.6. The molecule has 8 heteroatoms. The third kappa shape index (κ3) is 6.83. The smallest absolute Gasteiger partial charge is 0.256 e. The van der Waals surface area contributed by atoms with Crippen LogP contribution in [0.1, 0.15) is 69.9 Å². The molecule has 0 radical (unpaired) electrons. The van der Waals surface area contributed by atoms with E-state index in [1.165, 1.54) is 0 Å². The second-order valence-electron chi connectivity index (χ2n) is 13.3. The lowest BCUT2D eigenvalue weighted by atomic mass is 9.87. The Hall–Kier alpha value is -5.50. The third-order valence-electron chi connectivity index (χ3n) is 9.91. The maximum absolute atomic E-state index is 12.6. The Balaban J connectivity index is 0.000000199. The van der Waals surface area contributed by atoms with Gasteiger partial charge in [-0.15, -0.1) is 0 Å². The molecule has 0 spiro atoms. The number of benzene rings is 4. The Kier molecular flexibility index (Phi) is 10.7. The quantitative estimate of drug-likeness (QED) is 0.140. The summed E-state index contributed by atoms with van der Waals surface area (Å²) >= 11 is 0. The second-order valence-corrected chi connectivity index (χ2v) is 13.3. The van der Waals surface area contributed by atoms with Gasteiger partial charge in [0.2, 0.25) is 0 Å². The van der Waals surface area contributed by atoms with E-state index in [2.05, 4.69) is 20.1 Å². The van der Waals surface area contributed by atoms with Gasteiger partial charge in [0, 0.05) is 34.7 Å². The van der Waals surface area contributed by atoms with Crippen LogP contribution in [0.4, 0.5) is 11.4 Å². The van der Waals surface area contributed by atoms with Crippen LogP contribution in [0.25, 0.3) is 0 Å². The summed E-state index contributed by atoms with van der Waals surface area (Å²) in [6.07, 6.45) is 0.951. The monoisotopic (exact) mass is 688 g/mol. The van der Waals surface area contributed by atoms with Crippen LogP contribution >= 0.6 is 0 Å². The molecule has 2 saturated heterocycles. The molecule has 2 heterocycles. The lowest BCUT2D eigenvalue weighted by molar-refractivity contribution is -0.119. The number of β-lactam (4-membered cyclic amide) rings is 2. The van der Waals surface area contributed by atoms with Gasteiger partial charge in [-0.3, -0.25) is 19.4 Å². The molecule has 2 aliphatic rings. The van der Waals surface area contributed by atoms with Gasteiger partial charge in [0.05, 0.1) is 32.9 Å². The Labute approximate surface area is 301 Å². The SMILES string of the molecule is C=C1C(=O)N(c2cc(C)c(C)c(OC)c2)[C@H]1c1ccc(C)c(O)c1.C=C1C(=O)N(c2cc(C)c(C)c(OC)c2)[C@H]1c1ccc(C)c(OCCC)c1. The first-order valence-electron chi connectivity index (χ1n) is 17.1. The van der Waals surface area contributed by atoms with E-state index < -0.39 is 0 Å². The van der Waals surface area contributed by atoms with Crippen LogP contribution in [0.15, 0.2) is 85.0 Å². The molecule has 2 atom stereocenters. The van der Waals surface area contributed by atoms with Crippen LogP contribution in [0, 0.1) is 41.5 Å². The van der Waals surface area contributed by atoms with E-state index >= 15 is 0 Å². The number of nitrogens with zero attached hydrogens (tertiary/aromatic N) is 2. The second kappa shape index (κ2) is 14.8. The first-order chi connectivity index (χ1) is 24.2. The highest BCUT2D eigenvalue weighted by Crippen LogP contribution is 2.46. The third-order valence-corrected chi connectivity index (χ3v) is 9.91. The van der Waals surface area contributed by atoms with E-state index in [1.807, 2.05) is 96.1 Å². The molecule has 4 aromatic rings. The van der Waals surface area contributed by atoms with Crippen molar-refractivity contribution < 1.29 is 28.9 Å². The normalized spacial score (nSPS) is 16.6. The van der Waals surface area contributed by atoms with Crippen LogP contribution < -0.4 is 24.0 Å². The molecule has 1 N–H and O–H groups in total. The molecule has 51 heavy (non-hydrogen) atoms. The van der Waals surface area contributed by atoms with E-state index in [4.69, 9.17) is 14.2 Å². The largest absolute Gasteiger partial charge is 0.508 e.